The number of hydrogen-bond acceptors (Lipinski definition) is 5. The third-order valence-electron chi connectivity index (χ3n) is 3.77. The molecule has 2 atom stereocenters. The van der Waals surface area contributed by atoms with Gasteiger partial charge in [-0.15, -0.1) is 11.3 Å². The van der Waals surface area contributed by atoms with E-state index in [0.717, 1.165) is 9.75 Å². The van der Waals surface area contributed by atoms with Gasteiger partial charge in [-0.3, -0.25) is 10.1 Å². The summed E-state index contributed by atoms with van der Waals surface area (Å²) in [5.74, 6) is 0.189. The summed E-state index contributed by atoms with van der Waals surface area (Å²) in [7, 11) is 0. The fraction of sp³-hybridized carbons (Fsp3) is 0.375. The lowest BCUT2D eigenvalue weighted by molar-refractivity contribution is -0.384. The molecule has 0 radical (unpaired) electrons. The van der Waals surface area contributed by atoms with E-state index in [0.29, 0.717) is 12.1 Å². The second-order valence-corrected chi connectivity index (χ2v) is 6.54. The van der Waals surface area contributed by atoms with Crippen molar-refractivity contribution in [2.75, 3.05) is 6.61 Å². The van der Waals surface area contributed by atoms with Crippen molar-refractivity contribution in [1.29, 1.82) is 0 Å². The van der Waals surface area contributed by atoms with E-state index in [4.69, 9.17) is 5.11 Å². The minimum absolute atomic E-state index is 0.131. The topological polar surface area (TPSA) is 75.4 Å². The average molecular weight is 320 g/mol. The molecule has 1 aromatic heterocycles. The van der Waals surface area contributed by atoms with Gasteiger partial charge in [0.1, 0.15) is 0 Å². The van der Waals surface area contributed by atoms with Gasteiger partial charge in [0, 0.05) is 35.0 Å². The Hall–Kier alpha value is -1.76. The van der Waals surface area contributed by atoms with Crippen LogP contribution in [0.15, 0.2) is 36.4 Å². The Morgan fingerprint density at radius 3 is 2.68 bits per heavy atom. The van der Waals surface area contributed by atoms with Crippen molar-refractivity contribution in [1.82, 2.24) is 5.32 Å². The van der Waals surface area contributed by atoms with Gasteiger partial charge in [0.15, 0.2) is 0 Å². The van der Waals surface area contributed by atoms with Crippen LogP contribution in [0.1, 0.15) is 18.7 Å². The maximum absolute atomic E-state index is 11.1. The number of aliphatic hydroxyl groups excluding tert-OH is 1. The Bertz CT molecular complexity index is 642. The number of thiophene rings is 1. The molecular weight excluding hydrogens is 300 g/mol. The summed E-state index contributed by atoms with van der Waals surface area (Å²) in [6.07, 6.45) is 0. The predicted octanol–water partition coefficient (Wildman–Crippen LogP) is 3.43. The van der Waals surface area contributed by atoms with Crippen LogP contribution in [-0.4, -0.2) is 22.7 Å². The van der Waals surface area contributed by atoms with Gasteiger partial charge in [0.2, 0.25) is 0 Å². The summed E-state index contributed by atoms with van der Waals surface area (Å²) in [5.41, 5.74) is 0.784. The van der Waals surface area contributed by atoms with Crippen LogP contribution in [-0.2, 0) is 6.54 Å². The van der Waals surface area contributed by atoms with E-state index in [1.165, 1.54) is 6.07 Å². The normalized spacial score (nSPS) is 13.8. The van der Waals surface area contributed by atoms with Crippen molar-refractivity contribution < 1.29 is 10.0 Å². The van der Waals surface area contributed by atoms with E-state index in [-0.39, 0.29) is 29.2 Å². The van der Waals surface area contributed by atoms with Gasteiger partial charge < -0.3 is 10.4 Å². The van der Waals surface area contributed by atoms with Gasteiger partial charge in [-0.2, -0.15) is 0 Å². The number of benzene rings is 1. The molecule has 2 unspecified atom stereocenters. The van der Waals surface area contributed by atoms with E-state index in [1.807, 2.05) is 32.0 Å². The van der Waals surface area contributed by atoms with Crippen molar-refractivity contribution in [3.8, 4) is 10.4 Å². The fourth-order valence-corrected chi connectivity index (χ4v) is 3.07. The van der Waals surface area contributed by atoms with E-state index in [1.54, 1.807) is 23.5 Å². The summed E-state index contributed by atoms with van der Waals surface area (Å²) >= 11 is 1.55. The molecule has 0 fully saturated rings. The van der Waals surface area contributed by atoms with Gasteiger partial charge in [-0.25, -0.2) is 0 Å². The molecule has 5 nitrogen and oxygen atoms in total. The highest BCUT2D eigenvalue weighted by atomic mass is 32.1. The Morgan fingerprint density at radius 1 is 1.27 bits per heavy atom. The van der Waals surface area contributed by atoms with Crippen LogP contribution in [0.4, 0.5) is 5.69 Å². The number of para-hydroxylation sites is 1. The Morgan fingerprint density at radius 2 is 2.00 bits per heavy atom. The number of rotatable bonds is 7. The highest BCUT2D eigenvalue weighted by molar-refractivity contribution is 7.15. The highest BCUT2D eigenvalue weighted by Gasteiger charge is 2.16. The minimum atomic E-state index is -0.349. The maximum atomic E-state index is 11.1. The van der Waals surface area contributed by atoms with Crippen LogP contribution in [0.3, 0.4) is 0 Å². The molecule has 2 aromatic rings. The average Bonchev–Trinajstić information content (AvgIpc) is 3.00. The van der Waals surface area contributed by atoms with Crippen LogP contribution in [0, 0.1) is 16.0 Å². The fourth-order valence-electron chi connectivity index (χ4n) is 2.08. The predicted molar refractivity (Wildman–Crippen MR) is 89.0 cm³/mol. The van der Waals surface area contributed by atoms with Gasteiger partial charge >= 0.3 is 0 Å². The minimum Gasteiger partial charge on any atom is -0.396 e. The summed E-state index contributed by atoms with van der Waals surface area (Å²) in [6, 6.07) is 10.9. The number of hydrogen-bond donors (Lipinski definition) is 2. The molecule has 22 heavy (non-hydrogen) atoms. The van der Waals surface area contributed by atoms with E-state index in [2.05, 4.69) is 5.32 Å². The lowest BCUT2D eigenvalue weighted by Gasteiger charge is -2.18. The lowest BCUT2D eigenvalue weighted by Crippen LogP contribution is -2.33. The molecule has 0 aliphatic heterocycles. The number of nitro groups is 1. The Kier molecular flexibility index (Phi) is 5.65. The second kappa shape index (κ2) is 7.49. The van der Waals surface area contributed by atoms with Crippen LogP contribution in [0.5, 0.6) is 0 Å². The quantitative estimate of drug-likeness (QED) is 0.605. The first-order chi connectivity index (χ1) is 10.5. The molecule has 6 heteroatoms. The van der Waals surface area contributed by atoms with Gasteiger partial charge in [0.05, 0.1) is 10.5 Å². The maximum Gasteiger partial charge on any atom is 0.278 e. The molecule has 1 heterocycles. The van der Waals surface area contributed by atoms with E-state index >= 15 is 0 Å². The highest BCUT2D eigenvalue weighted by Crippen LogP contribution is 2.34. The third kappa shape index (κ3) is 3.91. The smallest absolute Gasteiger partial charge is 0.278 e. The first-order valence-electron chi connectivity index (χ1n) is 7.19. The van der Waals surface area contributed by atoms with Gasteiger partial charge in [0.25, 0.3) is 5.69 Å². The summed E-state index contributed by atoms with van der Waals surface area (Å²) in [5, 5.41) is 23.6. The van der Waals surface area contributed by atoms with Crippen molar-refractivity contribution in [3.63, 3.8) is 0 Å². The molecule has 0 saturated carbocycles. The first-order valence-corrected chi connectivity index (χ1v) is 8.01. The van der Waals surface area contributed by atoms with Crippen LogP contribution in [0.25, 0.3) is 10.4 Å². The largest absolute Gasteiger partial charge is 0.396 e. The molecular formula is C16H20N2O3S. The molecule has 0 saturated heterocycles. The Labute approximate surface area is 133 Å². The summed E-state index contributed by atoms with van der Waals surface area (Å²) < 4.78 is 0. The molecule has 1 aromatic carbocycles. The number of nitrogens with one attached hydrogen (secondary N) is 1. The summed E-state index contributed by atoms with van der Waals surface area (Å²) in [6.45, 7) is 4.87. The zero-order chi connectivity index (χ0) is 16.1. The van der Waals surface area contributed by atoms with Gasteiger partial charge in [-0.05, 0) is 31.0 Å². The zero-order valence-corrected chi connectivity index (χ0v) is 13.5. The molecule has 2 rings (SSSR count). The molecule has 2 N–H and O–H groups in total. The first kappa shape index (κ1) is 16.6. The molecule has 118 valence electrons. The number of nitrogens with zero attached hydrogens (tertiary/aromatic N) is 1. The van der Waals surface area contributed by atoms with Crippen LogP contribution in [0.2, 0.25) is 0 Å². The van der Waals surface area contributed by atoms with Crippen molar-refractivity contribution in [3.05, 3.63) is 51.4 Å². The summed E-state index contributed by atoms with van der Waals surface area (Å²) in [4.78, 5) is 12.8. The monoisotopic (exact) mass is 320 g/mol. The molecule has 0 aliphatic rings. The molecule has 0 amide bonds. The van der Waals surface area contributed by atoms with Gasteiger partial charge in [-0.1, -0.05) is 19.1 Å². The standard InChI is InChI=1S/C16H20N2O3S/c1-11(10-19)12(2)17-9-13-7-8-16(22-13)14-5-3-4-6-15(14)18(20)21/h3-8,11-12,17,19H,9-10H2,1-2H3. The third-order valence-corrected chi connectivity index (χ3v) is 4.89. The number of aliphatic hydroxyl groups is 1. The zero-order valence-electron chi connectivity index (χ0n) is 12.7. The molecule has 0 aliphatic carbocycles. The van der Waals surface area contributed by atoms with Crippen LogP contribution >= 0.6 is 11.3 Å². The second-order valence-electron chi connectivity index (χ2n) is 5.37. The van der Waals surface area contributed by atoms with Crippen molar-refractivity contribution >= 4 is 17.0 Å². The molecule has 0 spiro atoms. The van der Waals surface area contributed by atoms with Crippen molar-refractivity contribution in [2.24, 2.45) is 5.92 Å². The number of nitro benzene ring substituents is 1. The Balaban J connectivity index is 2.11. The SMILES string of the molecule is CC(CO)C(C)NCc1ccc(-c2ccccc2[N+](=O)[O-])s1. The van der Waals surface area contributed by atoms with E-state index in [9.17, 15) is 10.1 Å². The van der Waals surface area contributed by atoms with Crippen LogP contribution < -0.4 is 5.32 Å². The lowest BCUT2D eigenvalue weighted by atomic mass is 10.1. The van der Waals surface area contributed by atoms with E-state index < -0.39 is 0 Å². The van der Waals surface area contributed by atoms with Crippen molar-refractivity contribution in [2.45, 2.75) is 26.4 Å². The molecule has 0 bridgehead atoms.